The van der Waals surface area contributed by atoms with Gasteiger partial charge in [0, 0.05) is 6.42 Å². The fourth-order valence-electron chi connectivity index (χ4n) is 6.18. The molecule has 106 valence electrons. The molecule has 0 aromatic rings. The Labute approximate surface area is 115 Å². The van der Waals surface area contributed by atoms with Crippen LogP contribution in [0, 0.1) is 17.8 Å². The SMILES string of the molecule is CC1CC2CC(=O)C3(O)CCCN4CCCC2C43C1. The van der Waals surface area contributed by atoms with E-state index in [0.29, 0.717) is 30.6 Å². The molecule has 19 heavy (non-hydrogen) atoms. The largest absolute Gasteiger partial charge is 0.380 e. The van der Waals surface area contributed by atoms with Gasteiger partial charge in [0.1, 0.15) is 5.60 Å². The van der Waals surface area contributed by atoms with Gasteiger partial charge in [0.15, 0.2) is 5.78 Å². The van der Waals surface area contributed by atoms with E-state index in [2.05, 4.69) is 11.8 Å². The van der Waals surface area contributed by atoms with E-state index < -0.39 is 5.60 Å². The van der Waals surface area contributed by atoms with Gasteiger partial charge in [-0.1, -0.05) is 6.92 Å². The number of aliphatic hydroxyl groups is 1. The zero-order valence-corrected chi connectivity index (χ0v) is 11.9. The Morgan fingerprint density at radius 3 is 2.95 bits per heavy atom. The van der Waals surface area contributed by atoms with Gasteiger partial charge in [-0.2, -0.15) is 0 Å². The summed E-state index contributed by atoms with van der Waals surface area (Å²) in [6.45, 7) is 4.49. The number of nitrogens with zero attached hydrogens (tertiary/aromatic N) is 1. The number of hydrogen-bond donors (Lipinski definition) is 1. The average molecular weight is 263 g/mol. The molecule has 4 fully saturated rings. The molecule has 2 saturated heterocycles. The maximum atomic E-state index is 12.6. The lowest BCUT2D eigenvalue weighted by Crippen LogP contribution is -2.79. The van der Waals surface area contributed by atoms with Crippen molar-refractivity contribution >= 4 is 5.78 Å². The highest BCUT2D eigenvalue weighted by Gasteiger charge is 2.69. The summed E-state index contributed by atoms with van der Waals surface area (Å²) in [4.78, 5) is 15.1. The number of rotatable bonds is 0. The van der Waals surface area contributed by atoms with Crippen LogP contribution >= 0.6 is 0 Å². The summed E-state index contributed by atoms with van der Waals surface area (Å²) in [5.41, 5.74) is -1.22. The van der Waals surface area contributed by atoms with E-state index in [1.54, 1.807) is 0 Å². The molecule has 5 atom stereocenters. The van der Waals surface area contributed by atoms with Crippen molar-refractivity contribution in [1.29, 1.82) is 0 Å². The fraction of sp³-hybridized carbons (Fsp3) is 0.938. The number of carbonyl (C=O) groups excluding carboxylic acids is 1. The van der Waals surface area contributed by atoms with Crippen LogP contribution in [-0.4, -0.2) is 40.0 Å². The summed E-state index contributed by atoms with van der Waals surface area (Å²) in [5, 5.41) is 11.3. The van der Waals surface area contributed by atoms with Crippen molar-refractivity contribution < 1.29 is 9.90 Å². The minimum atomic E-state index is -1.03. The van der Waals surface area contributed by atoms with Crippen molar-refractivity contribution in [2.24, 2.45) is 17.8 Å². The average Bonchev–Trinajstić information content (AvgIpc) is 2.36. The molecule has 2 heterocycles. The highest BCUT2D eigenvalue weighted by Crippen LogP contribution is 2.60. The highest BCUT2D eigenvalue weighted by molar-refractivity contribution is 5.90. The van der Waals surface area contributed by atoms with Crippen molar-refractivity contribution in [2.45, 2.75) is 63.0 Å². The lowest BCUT2D eigenvalue weighted by atomic mass is 9.47. The van der Waals surface area contributed by atoms with E-state index in [1.807, 2.05) is 0 Å². The smallest absolute Gasteiger partial charge is 0.166 e. The van der Waals surface area contributed by atoms with E-state index in [4.69, 9.17) is 0 Å². The van der Waals surface area contributed by atoms with Crippen LogP contribution in [0.2, 0.25) is 0 Å². The van der Waals surface area contributed by atoms with Gasteiger partial charge in [0.25, 0.3) is 0 Å². The standard InChI is InChI=1S/C16H25NO2/c1-11-8-12-9-14(18)16(19)5-3-7-17-6-2-4-13(12)15(16,17)10-11/h11-13,19H,2-10H2,1H3. The first-order valence-corrected chi connectivity index (χ1v) is 8.09. The van der Waals surface area contributed by atoms with Gasteiger partial charge in [0.05, 0.1) is 5.54 Å². The van der Waals surface area contributed by atoms with E-state index >= 15 is 0 Å². The van der Waals surface area contributed by atoms with E-state index in [1.165, 1.54) is 19.3 Å². The monoisotopic (exact) mass is 263 g/mol. The quantitative estimate of drug-likeness (QED) is 0.726. The first-order chi connectivity index (χ1) is 9.08. The molecule has 0 aromatic carbocycles. The maximum Gasteiger partial charge on any atom is 0.166 e. The van der Waals surface area contributed by atoms with Crippen LogP contribution in [0.3, 0.4) is 0 Å². The molecule has 3 nitrogen and oxygen atoms in total. The molecule has 0 aromatic heterocycles. The summed E-state index contributed by atoms with van der Waals surface area (Å²) in [5.74, 6) is 1.92. The van der Waals surface area contributed by atoms with E-state index in [-0.39, 0.29) is 11.3 Å². The van der Waals surface area contributed by atoms with Gasteiger partial charge >= 0.3 is 0 Å². The lowest BCUT2D eigenvalue weighted by molar-refractivity contribution is -0.230. The van der Waals surface area contributed by atoms with E-state index in [0.717, 1.165) is 25.9 Å². The fourth-order valence-corrected chi connectivity index (χ4v) is 6.18. The van der Waals surface area contributed by atoms with Crippen molar-refractivity contribution in [2.75, 3.05) is 13.1 Å². The van der Waals surface area contributed by atoms with Gasteiger partial charge in [-0.25, -0.2) is 0 Å². The normalized spacial score (nSPS) is 53.8. The van der Waals surface area contributed by atoms with Crippen molar-refractivity contribution in [3.63, 3.8) is 0 Å². The molecule has 1 N–H and O–H groups in total. The van der Waals surface area contributed by atoms with Gasteiger partial charge in [-0.3, -0.25) is 9.69 Å². The maximum absolute atomic E-state index is 12.6. The molecule has 2 saturated carbocycles. The summed E-state index contributed by atoms with van der Waals surface area (Å²) < 4.78 is 0. The summed E-state index contributed by atoms with van der Waals surface area (Å²) in [6.07, 6.45) is 7.04. The van der Waals surface area contributed by atoms with Crippen LogP contribution in [0.15, 0.2) is 0 Å². The van der Waals surface area contributed by atoms with Gasteiger partial charge in [0.2, 0.25) is 0 Å². The third-order valence-electron chi connectivity index (χ3n) is 6.65. The molecule has 0 radical (unpaired) electrons. The summed E-state index contributed by atoms with van der Waals surface area (Å²) >= 11 is 0. The highest BCUT2D eigenvalue weighted by atomic mass is 16.3. The molecule has 4 aliphatic rings. The Morgan fingerprint density at radius 2 is 2.11 bits per heavy atom. The number of Topliss-reactive ketones (excluding diaryl/α,β-unsaturated/α-hetero) is 1. The van der Waals surface area contributed by atoms with Gasteiger partial charge < -0.3 is 5.11 Å². The van der Waals surface area contributed by atoms with Crippen LogP contribution in [0.25, 0.3) is 0 Å². The van der Waals surface area contributed by atoms with Crippen molar-refractivity contribution in [1.82, 2.24) is 4.90 Å². The van der Waals surface area contributed by atoms with Crippen LogP contribution < -0.4 is 0 Å². The number of hydrogen-bond acceptors (Lipinski definition) is 3. The molecule has 0 amide bonds. The topological polar surface area (TPSA) is 40.5 Å². The van der Waals surface area contributed by atoms with Crippen molar-refractivity contribution in [3.8, 4) is 0 Å². The minimum absolute atomic E-state index is 0.159. The molecule has 4 rings (SSSR count). The van der Waals surface area contributed by atoms with Crippen LogP contribution in [0.1, 0.15) is 51.9 Å². The molecular formula is C16H25NO2. The number of carbonyl (C=O) groups is 1. The zero-order chi connectivity index (χ0) is 13.3. The van der Waals surface area contributed by atoms with Gasteiger partial charge in [-0.15, -0.1) is 0 Å². The minimum Gasteiger partial charge on any atom is -0.380 e. The molecule has 2 aliphatic heterocycles. The van der Waals surface area contributed by atoms with Crippen LogP contribution in [0.4, 0.5) is 0 Å². The predicted octanol–water partition coefficient (Wildman–Crippen LogP) is 1.98. The second-order valence-electron chi connectivity index (χ2n) is 7.56. The Kier molecular flexibility index (Phi) is 2.48. The Hall–Kier alpha value is -0.410. The molecule has 2 bridgehead atoms. The number of ketones is 1. The van der Waals surface area contributed by atoms with Crippen LogP contribution in [0.5, 0.6) is 0 Å². The molecule has 5 unspecified atom stereocenters. The summed E-state index contributed by atoms with van der Waals surface area (Å²) in [6, 6.07) is 0. The third kappa shape index (κ3) is 1.33. The van der Waals surface area contributed by atoms with Crippen molar-refractivity contribution in [3.05, 3.63) is 0 Å². The molecular weight excluding hydrogens is 238 g/mol. The Morgan fingerprint density at radius 1 is 1.32 bits per heavy atom. The van der Waals surface area contributed by atoms with Gasteiger partial charge in [-0.05, 0) is 69.4 Å². The Bertz CT molecular complexity index is 421. The molecule has 3 heteroatoms. The molecule has 2 aliphatic carbocycles. The van der Waals surface area contributed by atoms with Crippen LogP contribution in [-0.2, 0) is 4.79 Å². The third-order valence-corrected chi connectivity index (χ3v) is 6.65. The first kappa shape index (κ1) is 12.3. The summed E-state index contributed by atoms with van der Waals surface area (Å²) in [7, 11) is 0. The second-order valence-corrected chi connectivity index (χ2v) is 7.56. The zero-order valence-electron chi connectivity index (χ0n) is 11.9. The number of piperidine rings is 2. The predicted molar refractivity (Wildman–Crippen MR) is 72.7 cm³/mol. The second kappa shape index (κ2) is 3.82. The first-order valence-electron chi connectivity index (χ1n) is 8.09. The lowest BCUT2D eigenvalue weighted by Gasteiger charge is -2.68. The molecule has 1 spiro atoms. The van der Waals surface area contributed by atoms with E-state index in [9.17, 15) is 9.90 Å². The Balaban J connectivity index is 1.88.